The van der Waals surface area contributed by atoms with Gasteiger partial charge in [-0.05, 0) is 50.6 Å². The van der Waals surface area contributed by atoms with Crippen LogP contribution in [0.1, 0.15) is 52.9 Å². The molecule has 1 rings (SSSR count). The van der Waals surface area contributed by atoms with Gasteiger partial charge in [-0.15, -0.1) is 11.8 Å². The largest absolute Gasteiger partial charge is 0.317 e. The molecular formula is C15H27N. The molecule has 1 N–H and O–H groups in total. The molecule has 1 saturated carbocycles. The molecule has 0 aromatic rings. The molecule has 0 bridgehead atoms. The minimum atomic E-state index is 0.838. The lowest BCUT2D eigenvalue weighted by Gasteiger charge is -2.35. The maximum atomic E-state index is 3.51. The van der Waals surface area contributed by atoms with Gasteiger partial charge in [-0.25, -0.2) is 0 Å². The van der Waals surface area contributed by atoms with Crippen LogP contribution in [0.3, 0.4) is 0 Å². The van der Waals surface area contributed by atoms with E-state index in [1.165, 1.54) is 32.2 Å². The monoisotopic (exact) mass is 221 g/mol. The van der Waals surface area contributed by atoms with Crippen molar-refractivity contribution in [2.75, 3.05) is 13.1 Å². The van der Waals surface area contributed by atoms with Crippen LogP contribution in [0.2, 0.25) is 0 Å². The van der Waals surface area contributed by atoms with E-state index < -0.39 is 0 Å². The Balaban J connectivity index is 2.48. The molecule has 1 nitrogen and oxygen atoms in total. The molecule has 0 heterocycles. The maximum absolute atomic E-state index is 3.51. The van der Waals surface area contributed by atoms with Gasteiger partial charge in [-0.2, -0.15) is 0 Å². The second-order valence-electron chi connectivity index (χ2n) is 5.05. The summed E-state index contributed by atoms with van der Waals surface area (Å²) >= 11 is 0. The Kier molecular flexibility index (Phi) is 6.57. The third-order valence-corrected chi connectivity index (χ3v) is 4.02. The van der Waals surface area contributed by atoms with Gasteiger partial charge in [0.25, 0.3) is 0 Å². The molecule has 3 unspecified atom stereocenters. The van der Waals surface area contributed by atoms with E-state index in [0.29, 0.717) is 0 Å². The summed E-state index contributed by atoms with van der Waals surface area (Å²) in [5.41, 5.74) is 0. The zero-order valence-electron chi connectivity index (χ0n) is 11.2. The van der Waals surface area contributed by atoms with E-state index in [1.807, 2.05) is 6.92 Å². The standard InChI is InChI=1S/C15H27N/c1-4-7-8-14-11-13(5-2)9-10-15(14)12-16-6-3/h13-16H,5-6,8-12H2,1-3H3. The summed E-state index contributed by atoms with van der Waals surface area (Å²) in [5.74, 6) is 9.01. The van der Waals surface area contributed by atoms with Gasteiger partial charge in [-0.3, -0.25) is 0 Å². The van der Waals surface area contributed by atoms with Crippen molar-refractivity contribution in [3.63, 3.8) is 0 Å². The van der Waals surface area contributed by atoms with Gasteiger partial charge in [0, 0.05) is 6.42 Å². The fraction of sp³-hybridized carbons (Fsp3) is 0.867. The molecule has 1 heteroatoms. The molecule has 1 fully saturated rings. The van der Waals surface area contributed by atoms with Crippen LogP contribution in [0.5, 0.6) is 0 Å². The summed E-state index contributed by atoms with van der Waals surface area (Å²) in [7, 11) is 0. The van der Waals surface area contributed by atoms with Gasteiger partial charge in [0.1, 0.15) is 0 Å². The zero-order chi connectivity index (χ0) is 11.8. The highest BCUT2D eigenvalue weighted by Crippen LogP contribution is 2.36. The molecule has 0 aromatic heterocycles. The summed E-state index contributed by atoms with van der Waals surface area (Å²) in [4.78, 5) is 0. The molecule has 1 aliphatic carbocycles. The van der Waals surface area contributed by atoms with E-state index in [4.69, 9.17) is 0 Å². The lowest BCUT2D eigenvalue weighted by molar-refractivity contribution is 0.176. The van der Waals surface area contributed by atoms with Gasteiger partial charge < -0.3 is 5.32 Å². The van der Waals surface area contributed by atoms with Crippen molar-refractivity contribution in [2.45, 2.75) is 52.9 Å². The first-order valence-corrected chi connectivity index (χ1v) is 6.92. The second-order valence-corrected chi connectivity index (χ2v) is 5.05. The van der Waals surface area contributed by atoms with Crippen LogP contribution in [0.15, 0.2) is 0 Å². The van der Waals surface area contributed by atoms with E-state index in [2.05, 4.69) is 31.0 Å². The molecule has 0 amide bonds. The summed E-state index contributed by atoms with van der Waals surface area (Å²) in [6, 6.07) is 0. The molecule has 1 aliphatic rings. The third-order valence-electron chi connectivity index (χ3n) is 4.02. The summed E-state index contributed by atoms with van der Waals surface area (Å²) < 4.78 is 0. The highest BCUT2D eigenvalue weighted by atomic mass is 14.8. The minimum Gasteiger partial charge on any atom is -0.317 e. The van der Waals surface area contributed by atoms with Gasteiger partial charge in [-0.1, -0.05) is 26.7 Å². The van der Waals surface area contributed by atoms with Crippen LogP contribution in [0.4, 0.5) is 0 Å². The fourth-order valence-corrected chi connectivity index (χ4v) is 2.88. The Morgan fingerprint density at radius 2 is 2.00 bits per heavy atom. The van der Waals surface area contributed by atoms with Crippen molar-refractivity contribution < 1.29 is 0 Å². The van der Waals surface area contributed by atoms with Crippen molar-refractivity contribution >= 4 is 0 Å². The Bertz CT molecular complexity index is 236. The Hall–Kier alpha value is -0.480. The van der Waals surface area contributed by atoms with Crippen LogP contribution < -0.4 is 5.32 Å². The molecule has 16 heavy (non-hydrogen) atoms. The van der Waals surface area contributed by atoms with Crippen molar-refractivity contribution in [1.29, 1.82) is 0 Å². The van der Waals surface area contributed by atoms with Gasteiger partial charge >= 0.3 is 0 Å². The molecule has 0 radical (unpaired) electrons. The average molecular weight is 221 g/mol. The Morgan fingerprint density at radius 3 is 2.62 bits per heavy atom. The highest BCUT2D eigenvalue weighted by molar-refractivity contribution is 4.98. The molecule has 3 atom stereocenters. The highest BCUT2D eigenvalue weighted by Gasteiger charge is 2.28. The van der Waals surface area contributed by atoms with E-state index >= 15 is 0 Å². The van der Waals surface area contributed by atoms with E-state index in [1.54, 1.807) is 0 Å². The summed E-state index contributed by atoms with van der Waals surface area (Å²) in [6.45, 7) is 8.78. The topological polar surface area (TPSA) is 12.0 Å². The summed E-state index contributed by atoms with van der Waals surface area (Å²) in [5, 5.41) is 3.51. The fourth-order valence-electron chi connectivity index (χ4n) is 2.88. The first kappa shape index (κ1) is 13.6. The molecule has 0 spiro atoms. The molecule has 0 aliphatic heterocycles. The van der Waals surface area contributed by atoms with Crippen LogP contribution >= 0.6 is 0 Å². The lowest BCUT2D eigenvalue weighted by atomic mass is 9.72. The molecule has 0 saturated heterocycles. The number of hydrogen-bond acceptors (Lipinski definition) is 1. The molecule has 92 valence electrons. The Morgan fingerprint density at radius 1 is 1.19 bits per heavy atom. The van der Waals surface area contributed by atoms with Crippen LogP contribution in [-0.4, -0.2) is 13.1 Å². The quantitative estimate of drug-likeness (QED) is 0.701. The normalized spacial score (nSPS) is 29.6. The Labute approximate surface area is 101 Å². The molecule has 0 aromatic carbocycles. The van der Waals surface area contributed by atoms with Crippen molar-refractivity contribution in [2.24, 2.45) is 17.8 Å². The SMILES string of the molecule is CC#CCC1CC(CC)CCC1CNCC. The number of rotatable bonds is 5. The smallest absolute Gasteiger partial charge is 0.0120 e. The van der Waals surface area contributed by atoms with Gasteiger partial charge in [0.2, 0.25) is 0 Å². The minimum absolute atomic E-state index is 0.838. The molecular weight excluding hydrogens is 194 g/mol. The van der Waals surface area contributed by atoms with Crippen LogP contribution in [0, 0.1) is 29.6 Å². The van der Waals surface area contributed by atoms with Gasteiger partial charge in [0.15, 0.2) is 0 Å². The number of hydrogen-bond donors (Lipinski definition) is 1. The van der Waals surface area contributed by atoms with E-state index in [9.17, 15) is 0 Å². The third kappa shape index (κ3) is 4.18. The summed E-state index contributed by atoms with van der Waals surface area (Å²) in [6.07, 6.45) is 6.71. The predicted molar refractivity (Wildman–Crippen MR) is 71.2 cm³/mol. The van der Waals surface area contributed by atoms with Crippen molar-refractivity contribution in [1.82, 2.24) is 5.32 Å². The van der Waals surface area contributed by atoms with E-state index in [-0.39, 0.29) is 0 Å². The zero-order valence-corrected chi connectivity index (χ0v) is 11.2. The van der Waals surface area contributed by atoms with Crippen LogP contribution in [0.25, 0.3) is 0 Å². The average Bonchev–Trinajstić information content (AvgIpc) is 2.34. The first-order chi connectivity index (χ1) is 7.81. The van der Waals surface area contributed by atoms with Crippen molar-refractivity contribution in [3.05, 3.63) is 0 Å². The van der Waals surface area contributed by atoms with E-state index in [0.717, 1.165) is 30.7 Å². The predicted octanol–water partition coefficient (Wildman–Crippen LogP) is 3.45. The maximum Gasteiger partial charge on any atom is 0.0120 e. The second kappa shape index (κ2) is 7.74. The first-order valence-electron chi connectivity index (χ1n) is 6.92. The van der Waals surface area contributed by atoms with Crippen molar-refractivity contribution in [3.8, 4) is 11.8 Å². The van der Waals surface area contributed by atoms with Crippen LogP contribution in [-0.2, 0) is 0 Å². The lowest BCUT2D eigenvalue weighted by Crippen LogP contribution is -2.33. The number of nitrogens with one attached hydrogen (secondary N) is 1. The van der Waals surface area contributed by atoms with Gasteiger partial charge in [0.05, 0.1) is 0 Å².